The van der Waals surface area contributed by atoms with Gasteiger partial charge in [0.2, 0.25) is 0 Å². The SMILES string of the molecule is CC(C)=CNC(=O)NCc1ccccn1. The first-order valence-electron chi connectivity index (χ1n) is 4.76. The quantitative estimate of drug-likeness (QED) is 0.790. The van der Waals surface area contributed by atoms with Gasteiger partial charge in [-0.1, -0.05) is 11.6 Å². The Labute approximate surface area is 89.4 Å². The Balaban J connectivity index is 2.32. The van der Waals surface area contributed by atoms with Crippen LogP contribution in [0.15, 0.2) is 36.2 Å². The number of aromatic nitrogens is 1. The van der Waals surface area contributed by atoms with E-state index in [2.05, 4.69) is 15.6 Å². The minimum Gasteiger partial charge on any atom is -0.332 e. The number of nitrogens with one attached hydrogen (secondary N) is 2. The summed E-state index contributed by atoms with van der Waals surface area (Å²) in [6.45, 7) is 4.27. The molecular weight excluding hydrogens is 190 g/mol. The summed E-state index contributed by atoms with van der Waals surface area (Å²) in [6.07, 6.45) is 3.36. The summed E-state index contributed by atoms with van der Waals surface area (Å²) in [5, 5.41) is 5.31. The van der Waals surface area contributed by atoms with Crippen LogP contribution in [0.5, 0.6) is 0 Å². The molecule has 2 N–H and O–H groups in total. The number of urea groups is 1. The van der Waals surface area contributed by atoms with Gasteiger partial charge >= 0.3 is 6.03 Å². The molecule has 0 bridgehead atoms. The smallest absolute Gasteiger partial charge is 0.319 e. The van der Waals surface area contributed by atoms with Gasteiger partial charge in [-0.3, -0.25) is 4.98 Å². The molecule has 0 aliphatic rings. The van der Waals surface area contributed by atoms with E-state index in [-0.39, 0.29) is 6.03 Å². The highest BCUT2D eigenvalue weighted by atomic mass is 16.2. The maximum absolute atomic E-state index is 11.2. The second kappa shape index (κ2) is 5.80. The lowest BCUT2D eigenvalue weighted by molar-refractivity contribution is 0.243. The lowest BCUT2D eigenvalue weighted by Crippen LogP contribution is -2.32. The van der Waals surface area contributed by atoms with Crippen molar-refractivity contribution in [2.45, 2.75) is 20.4 Å². The van der Waals surface area contributed by atoms with Crippen molar-refractivity contribution in [1.29, 1.82) is 0 Å². The monoisotopic (exact) mass is 205 g/mol. The van der Waals surface area contributed by atoms with Crippen molar-refractivity contribution in [2.75, 3.05) is 0 Å². The number of amides is 2. The molecule has 0 aliphatic heterocycles. The van der Waals surface area contributed by atoms with E-state index in [1.807, 2.05) is 32.0 Å². The minimum absolute atomic E-state index is 0.221. The molecule has 80 valence electrons. The van der Waals surface area contributed by atoms with Gasteiger partial charge in [0, 0.05) is 12.4 Å². The minimum atomic E-state index is -0.221. The van der Waals surface area contributed by atoms with Crippen LogP contribution in [0.2, 0.25) is 0 Å². The van der Waals surface area contributed by atoms with E-state index in [4.69, 9.17) is 0 Å². The molecule has 0 saturated carbocycles. The number of allylic oxidation sites excluding steroid dienone is 1. The number of carbonyl (C=O) groups excluding carboxylic acids is 1. The zero-order valence-corrected chi connectivity index (χ0v) is 8.95. The molecule has 0 aromatic carbocycles. The van der Waals surface area contributed by atoms with Crippen molar-refractivity contribution in [3.05, 3.63) is 41.9 Å². The van der Waals surface area contributed by atoms with E-state index in [1.165, 1.54) is 0 Å². The van der Waals surface area contributed by atoms with Crippen LogP contribution in [0.4, 0.5) is 4.79 Å². The van der Waals surface area contributed by atoms with Gasteiger partial charge in [0.25, 0.3) is 0 Å². The van der Waals surface area contributed by atoms with Crippen molar-refractivity contribution >= 4 is 6.03 Å². The fraction of sp³-hybridized carbons (Fsp3) is 0.273. The average molecular weight is 205 g/mol. The second-order valence-corrected chi connectivity index (χ2v) is 3.37. The predicted octanol–water partition coefficient (Wildman–Crippen LogP) is 1.80. The fourth-order valence-electron chi connectivity index (χ4n) is 0.934. The van der Waals surface area contributed by atoms with Gasteiger partial charge in [0.05, 0.1) is 12.2 Å². The summed E-state index contributed by atoms with van der Waals surface area (Å²) in [6, 6.07) is 5.37. The third kappa shape index (κ3) is 4.81. The molecule has 2 amide bonds. The normalized spacial score (nSPS) is 9.20. The van der Waals surface area contributed by atoms with Gasteiger partial charge in [0.15, 0.2) is 0 Å². The number of nitrogens with zero attached hydrogens (tertiary/aromatic N) is 1. The maximum atomic E-state index is 11.2. The van der Waals surface area contributed by atoms with Crippen LogP contribution in [0.25, 0.3) is 0 Å². The molecule has 0 unspecified atom stereocenters. The first-order valence-corrected chi connectivity index (χ1v) is 4.76. The molecule has 0 aliphatic carbocycles. The molecule has 1 heterocycles. The third-order valence-electron chi connectivity index (χ3n) is 1.65. The summed E-state index contributed by atoms with van der Waals surface area (Å²) in [4.78, 5) is 15.3. The van der Waals surface area contributed by atoms with E-state index in [9.17, 15) is 4.79 Å². The van der Waals surface area contributed by atoms with Crippen LogP contribution in [0.3, 0.4) is 0 Å². The number of hydrogen-bond donors (Lipinski definition) is 2. The first kappa shape index (κ1) is 11.2. The van der Waals surface area contributed by atoms with E-state index in [0.29, 0.717) is 6.54 Å². The summed E-state index contributed by atoms with van der Waals surface area (Å²) < 4.78 is 0. The Morgan fingerprint density at radius 2 is 2.27 bits per heavy atom. The molecule has 1 aromatic heterocycles. The molecule has 15 heavy (non-hydrogen) atoms. The molecular formula is C11H15N3O. The van der Waals surface area contributed by atoms with Gasteiger partial charge in [-0.25, -0.2) is 4.79 Å². The molecule has 4 heteroatoms. The van der Waals surface area contributed by atoms with Crippen LogP contribution in [0.1, 0.15) is 19.5 Å². The van der Waals surface area contributed by atoms with Crippen molar-refractivity contribution in [1.82, 2.24) is 15.6 Å². The van der Waals surface area contributed by atoms with Crippen LogP contribution in [0, 0.1) is 0 Å². The average Bonchev–Trinajstić information content (AvgIpc) is 2.25. The summed E-state index contributed by atoms with van der Waals surface area (Å²) >= 11 is 0. The number of hydrogen-bond acceptors (Lipinski definition) is 2. The topological polar surface area (TPSA) is 54.0 Å². The van der Waals surface area contributed by atoms with E-state index >= 15 is 0 Å². The lowest BCUT2D eigenvalue weighted by atomic mass is 10.3. The number of pyridine rings is 1. The van der Waals surface area contributed by atoms with E-state index < -0.39 is 0 Å². The van der Waals surface area contributed by atoms with Crippen LogP contribution < -0.4 is 10.6 Å². The van der Waals surface area contributed by atoms with Gasteiger partial charge in [-0.05, 0) is 26.0 Å². The fourth-order valence-corrected chi connectivity index (χ4v) is 0.934. The molecule has 1 rings (SSSR count). The molecule has 0 atom stereocenters. The van der Waals surface area contributed by atoms with E-state index in [0.717, 1.165) is 11.3 Å². The van der Waals surface area contributed by atoms with Crippen molar-refractivity contribution in [3.63, 3.8) is 0 Å². The predicted molar refractivity (Wildman–Crippen MR) is 59.0 cm³/mol. The molecule has 0 spiro atoms. The zero-order chi connectivity index (χ0) is 11.1. The Kier molecular flexibility index (Phi) is 4.34. The molecule has 0 fully saturated rings. The van der Waals surface area contributed by atoms with Crippen molar-refractivity contribution in [3.8, 4) is 0 Å². The van der Waals surface area contributed by atoms with Gasteiger partial charge in [-0.2, -0.15) is 0 Å². The van der Waals surface area contributed by atoms with Crippen LogP contribution in [-0.2, 0) is 6.54 Å². The highest BCUT2D eigenvalue weighted by Crippen LogP contribution is 1.91. The van der Waals surface area contributed by atoms with Crippen molar-refractivity contribution < 1.29 is 4.79 Å². The Morgan fingerprint density at radius 1 is 1.47 bits per heavy atom. The molecule has 0 saturated heterocycles. The lowest BCUT2D eigenvalue weighted by Gasteiger charge is -2.03. The molecule has 0 radical (unpaired) electrons. The number of carbonyl (C=O) groups is 1. The molecule has 1 aromatic rings. The van der Waals surface area contributed by atoms with Crippen molar-refractivity contribution in [2.24, 2.45) is 0 Å². The van der Waals surface area contributed by atoms with Gasteiger partial charge in [-0.15, -0.1) is 0 Å². The maximum Gasteiger partial charge on any atom is 0.319 e. The Hall–Kier alpha value is -1.84. The first-order chi connectivity index (χ1) is 7.18. The summed E-state index contributed by atoms with van der Waals surface area (Å²) in [5.74, 6) is 0. The summed E-state index contributed by atoms with van der Waals surface area (Å²) in [5.41, 5.74) is 1.88. The highest BCUT2D eigenvalue weighted by Gasteiger charge is 1.97. The second-order valence-electron chi connectivity index (χ2n) is 3.37. The Bertz CT molecular complexity index is 342. The standard InChI is InChI=1S/C11H15N3O/c1-9(2)7-13-11(15)14-8-10-5-3-4-6-12-10/h3-7H,8H2,1-2H3,(H2,13,14,15). The summed E-state index contributed by atoms with van der Waals surface area (Å²) in [7, 11) is 0. The molecule has 4 nitrogen and oxygen atoms in total. The largest absolute Gasteiger partial charge is 0.332 e. The Morgan fingerprint density at radius 3 is 2.87 bits per heavy atom. The van der Waals surface area contributed by atoms with Gasteiger partial charge < -0.3 is 10.6 Å². The van der Waals surface area contributed by atoms with Crippen LogP contribution >= 0.6 is 0 Å². The zero-order valence-electron chi connectivity index (χ0n) is 8.95. The van der Waals surface area contributed by atoms with E-state index in [1.54, 1.807) is 12.4 Å². The van der Waals surface area contributed by atoms with Crippen LogP contribution in [-0.4, -0.2) is 11.0 Å². The third-order valence-corrected chi connectivity index (χ3v) is 1.65. The number of rotatable bonds is 3. The van der Waals surface area contributed by atoms with Gasteiger partial charge in [0.1, 0.15) is 0 Å². The highest BCUT2D eigenvalue weighted by molar-refractivity contribution is 5.74.